The summed E-state index contributed by atoms with van der Waals surface area (Å²) in [5.41, 5.74) is 8.33. The number of nitrogens with zero attached hydrogens (tertiary/aromatic N) is 1. The number of benzene rings is 2. The molecule has 6 heteroatoms. The average Bonchev–Trinajstić information content (AvgIpc) is 3.25. The van der Waals surface area contributed by atoms with Crippen LogP contribution in [-0.2, 0) is 4.79 Å². The molecule has 158 valence electrons. The number of hydrogen-bond donors (Lipinski definition) is 2. The van der Waals surface area contributed by atoms with E-state index in [-0.39, 0.29) is 17.9 Å². The second kappa shape index (κ2) is 9.57. The Hall–Kier alpha value is -3.15. The van der Waals surface area contributed by atoms with Crippen molar-refractivity contribution in [2.45, 2.75) is 38.6 Å². The number of nitrogens with one attached hydrogen (secondary N) is 1. The fourth-order valence-corrected chi connectivity index (χ4v) is 3.97. The first-order chi connectivity index (χ1) is 14.4. The van der Waals surface area contributed by atoms with E-state index in [0.717, 1.165) is 30.4 Å². The molecule has 0 heterocycles. The van der Waals surface area contributed by atoms with Crippen LogP contribution in [-0.4, -0.2) is 42.3 Å². The van der Waals surface area contributed by atoms with Gasteiger partial charge in [0.1, 0.15) is 0 Å². The zero-order chi connectivity index (χ0) is 21.7. The molecule has 30 heavy (non-hydrogen) atoms. The van der Waals surface area contributed by atoms with Gasteiger partial charge in [0.05, 0.1) is 0 Å². The van der Waals surface area contributed by atoms with E-state index in [0.29, 0.717) is 30.0 Å². The monoisotopic (exact) mass is 407 g/mol. The fourth-order valence-electron chi connectivity index (χ4n) is 3.97. The highest BCUT2D eigenvalue weighted by molar-refractivity contribution is 5.95. The molecule has 0 aromatic heterocycles. The Morgan fingerprint density at radius 3 is 2.07 bits per heavy atom. The van der Waals surface area contributed by atoms with Crippen LogP contribution >= 0.6 is 0 Å². The second-order valence-corrected chi connectivity index (χ2v) is 7.93. The van der Waals surface area contributed by atoms with Gasteiger partial charge in [-0.3, -0.25) is 14.4 Å². The van der Waals surface area contributed by atoms with Crippen molar-refractivity contribution < 1.29 is 14.4 Å². The highest BCUT2D eigenvalue weighted by Gasteiger charge is 2.30. The Balaban J connectivity index is 1.60. The van der Waals surface area contributed by atoms with E-state index >= 15 is 0 Å². The van der Waals surface area contributed by atoms with Crippen LogP contribution in [0.25, 0.3) is 11.1 Å². The van der Waals surface area contributed by atoms with Crippen molar-refractivity contribution in [2.24, 2.45) is 11.7 Å². The van der Waals surface area contributed by atoms with Gasteiger partial charge in [-0.1, -0.05) is 31.2 Å². The maximum atomic E-state index is 12.9. The Kier molecular flexibility index (Phi) is 6.87. The van der Waals surface area contributed by atoms with E-state index in [9.17, 15) is 14.4 Å². The van der Waals surface area contributed by atoms with Gasteiger partial charge in [0.15, 0.2) is 0 Å². The molecule has 2 aromatic carbocycles. The molecule has 2 atom stereocenters. The van der Waals surface area contributed by atoms with E-state index in [1.165, 1.54) is 0 Å². The molecule has 0 radical (unpaired) electrons. The standard InChI is InChI=1S/C24H29N3O3/c1-3-22(28)26-15-16-4-13-21(14-16)27(2)24(30)20-11-7-18(8-12-20)17-5-9-19(10-6-17)23(25)29/h5-12,16,21H,3-4,13-15H2,1-2H3,(H2,25,29)(H,26,28)/t16?,21-/m1/s1. The quantitative estimate of drug-likeness (QED) is 0.738. The van der Waals surface area contributed by atoms with Crippen molar-refractivity contribution >= 4 is 17.7 Å². The van der Waals surface area contributed by atoms with Crippen molar-refractivity contribution in [3.8, 4) is 11.1 Å². The van der Waals surface area contributed by atoms with Crippen molar-refractivity contribution in [2.75, 3.05) is 13.6 Å². The third kappa shape index (κ3) is 5.06. The van der Waals surface area contributed by atoms with Crippen LogP contribution in [0, 0.1) is 5.92 Å². The Morgan fingerprint density at radius 2 is 1.53 bits per heavy atom. The minimum atomic E-state index is -0.451. The minimum Gasteiger partial charge on any atom is -0.366 e. The van der Waals surface area contributed by atoms with Crippen LogP contribution in [0.5, 0.6) is 0 Å². The summed E-state index contributed by atoms with van der Waals surface area (Å²) < 4.78 is 0. The first kappa shape index (κ1) is 21.6. The van der Waals surface area contributed by atoms with Gasteiger partial charge in [-0.2, -0.15) is 0 Å². The molecule has 6 nitrogen and oxygen atoms in total. The summed E-state index contributed by atoms with van der Waals surface area (Å²) in [6.07, 6.45) is 3.39. The van der Waals surface area contributed by atoms with Gasteiger partial charge in [-0.05, 0) is 60.6 Å². The first-order valence-electron chi connectivity index (χ1n) is 10.4. The topological polar surface area (TPSA) is 92.5 Å². The van der Waals surface area contributed by atoms with Gasteiger partial charge < -0.3 is 16.0 Å². The van der Waals surface area contributed by atoms with Gasteiger partial charge in [0, 0.05) is 37.2 Å². The summed E-state index contributed by atoms with van der Waals surface area (Å²) in [5.74, 6) is 0.0556. The number of hydrogen-bond acceptors (Lipinski definition) is 3. The molecule has 0 aliphatic heterocycles. The lowest BCUT2D eigenvalue weighted by Crippen LogP contribution is -2.36. The summed E-state index contributed by atoms with van der Waals surface area (Å²) in [6, 6.07) is 14.8. The van der Waals surface area contributed by atoms with Gasteiger partial charge in [0.25, 0.3) is 5.91 Å². The largest absolute Gasteiger partial charge is 0.366 e. The first-order valence-corrected chi connectivity index (χ1v) is 10.4. The zero-order valence-electron chi connectivity index (χ0n) is 17.6. The molecule has 1 unspecified atom stereocenters. The predicted molar refractivity (Wildman–Crippen MR) is 117 cm³/mol. The maximum absolute atomic E-state index is 12.9. The van der Waals surface area contributed by atoms with Crippen LogP contribution < -0.4 is 11.1 Å². The van der Waals surface area contributed by atoms with Crippen LogP contribution in [0.15, 0.2) is 48.5 Å². The molecule has 3 N–H and O–H groups in total. The molecule has 3 amide bonds. The molecular weight excluding hydrogens is 378 g/mol. The molecule has 0 saturated heterocycles. The normalized spacial score (nSPS) is 18.1. The lowest BCUT2D eigenvalue weighted by molar-refractivity contribution is -0.120. The molecule has 3 rings (SSSR count). The molecule has 1 aliphatic rings. The van der Waals surface area contributed by atoms with Gasteiger partial charge in [0.2, 0.25) is 11.8 Å². The summed E-state index contributed by atoms with van der Waals surface area (Å²) in [6.45, 7) is 2.54. The molecule has 0 bridgehead atoms. The number of amides is 3. The summed E-state index contributed by atoms with van der Waals surface area (Å²) in [4.78, 5) is 37.4. The molecule has 2 aromatic rings. The predicted octanol–water partition coefficient (Wildman–Crippen LogP) is 3.22. The average molecular weight is 408 g/mol. The second-order valence-electron chi connectivity index (χ2n) is 7.93. The van der Waals surface area contributed by atoms with Crippen molar-refractivity contribution in [1.82, 2.24) is 10.2 Å². The fraction of sp³-hybridized carbons (Fsp3) is 0.375. The Bertz CT molecular complexity index is 906. The summed E-state index contributed by atoms with van der Waals surface area (Å²) >= 11 is 0. The minimum absolute atomic E-state index is 0.00821. The van der Waals surface area contributed by atoms with Crippen molar-refractivity contribution in [3.05, 3.63) is 59.7 Å². The van der Waals surface area contributed by atoms with Crippen LogP contribution in [0.2, 0.25) is 0 Å². The highest BCUT2D eigenvalue weighted by Crippen LogP contribution is 2.29. The van der Waals surface area contributed by atoms with Gasteiger partial charge >= 0.3 is 0 Å². The molecule has 1 aliphatic carbocycles. The van der Waals surface area contributed by atoms with E-state index in [4.69, 9.17) is 5.73 Å². The Morgan fingerprint density at radius 1 is 0.967 bits per heavy atom. The number of carbonyl (C=O) groups excluding carboxylic acids is 3. The number of primary amides is 1. The zero-order valence-corrected chi connectivity index (χ0v) is 17.6. The van der Waals surface area contributed by atoms with E-state index in [1.54, 1.807) is 12.1 Å². The van der Waals surface area contributed by atoms with Crippen molar-refractivity contribution in [3.63, 3.8) is 0 Å². The lowest BCUT2D eigenvalue weighted by Gasteiger charge is -2.25. The molecule has 0 spiro atoms. The van der Waals surface area contributed by atoms with E-state index < -0.39 is 5.91 Å². The van der Waals surface area contributed by atoms with Crippen LogP contribution in [0.4, 0.5) is 0 Å². The van der Waals surface area contributed by atoms with Crippen molar-refractivity contribution in [1.29, 1.82) is 0 Å². The molecule has 1 saturated carbocycles. The smallest absolute Gasteiger partial charge is 0.253 e. The maximum Gasteiger partial charge on any atom is 0.253 e. The van der Waals surface area contributed by atoms with E-state index in [1.807, 2.05) is 55.3 Å². The molecule has 1 fully saturated rings. The highest BCUT2D eigenvalue weighted by atomic mass is 16.2. The lowest BCUT2D eigenvalue weighted by atomic mass is 10.0. The number of nitrogens with two attached hydrogens (primary N) is 1. The van der Waals surface area contributed by atoms with Gasteiger partial charge in [-0.25, -0.2) is 0 Å². The third-order valence-corrected chi connectivity index (χ3v) is 5.93. The van der Waals surface area contributed by atoms with Crippen LogP contribution in [0.1, 0.15) is 53.3 Å². The molecular formula is C24H29N3O3. The number of carbonyl (C=O) groups is 3. The summed E-state index contributed by atoms with van der Waals surface area (Å²) in [5, 5.41) is 2.96. The van der Waals surface area contributed by atoms with E-state index in [2.05, 4.69) is 5.32 Å². The van der Waals surface area contributed by atoms with Gasteiger partial charge in [-0.15, -0.1) is 0 Å². The summed E-state index contributed by atoms with van der Waals surface area (Å²) in [7, 11) is 1.86. The Labute approximate surface area is 177 Å². The number of rotatable bonds is 7. The van der Waals surface area contributed by atoms with Crippen LogP contribution in [0.3, 0.4) is 0 Å². The SMILES string of the molecule is CCC(=O)NCC1CC[C@@H](N(C)C(=O)c2ccc(-c3ccc(C(N)=O)cc3)cc2)C1. The third-order valence-electron chi connectivity index (χ3n) is 5.93.